The zero-order chi connectivity index (χ0) is 12.8. The van der Waals surface area contributed by atoms with Gasteiger partial charge in [0, 0.05) is 11.2 Å². The molecule has 5 nitrogen and oxygen atoms in total. The summed E-state index contributed by atoms with van der Waals surface area (Å²) in [6.45, 7) is 3.57. The van der Waals surface area contributed by atoms with Crippen LogP contribution in [0.3, 0.4) is 0 Å². The third-order valence-electron chi connectivity index (χ3n) is 2.24. The van der Waals surface area contributed by atoms with Crippen molar-refractivity contribution in [1.29, 1.82) is 0 Å². The van der Waals surface area contributed by atoms with E-state index in [2.05, 4.69) is 4.74 Å². The Morgan fingerprint density at radius 2 is 2.06 bits per heavy atom. The van der Waals surface area contributed by atoms with Gasteiger partial charge in [0.15, 0.2) is 0 Å². The van der Waals surface area contributed by atoms with E-state index in [1.807, 2.05) is 0 Å². The Balaban J connectivity index is 3.91. The number of thioether (sulfide) groups is 1. The van der Waals surface area contributed by atoms with Gasteiger partial charge in [-0.1, -0.05) is 0 Å². The normalized spacial score (nSPS) is 13.2. The van der Waals surface area contributed by atoms with Gasteiger partial charge in [0.1, 0.15) is 6.04 Å². The number of nitrogens with two attached hydrogens (primary N) is 1. The lowest BCUT2D eigenvalue weighted by Crippen LogP contribution is -2.46. The molecule has 0 bridgehead atoms. The summed E-state index contributed by atoms with van der Waals surface area (Å²) >= 11 is 1.45. The van der Waals surface area contributed by atoms with Crippen LogP contribution >= 0.6 is 11.8 Å². The fourth-order valence-electron chi connectivity index (χ4n) is 1.04. The van der Waals surface area contributed by atoms with Crippen molar-refractivity contribution >= 4 is 23.7 Å². The molecular formula is C10H19NO4S. The van der Waals surface area contributed by atoms with Crippen LogP contribution in [-0.4, -0.2) is 40.7 Å². The standard InChI is InChI=1S/C10H19NO4S/c1-10(2,8(11)9(13)14)16-6-4-5-7(12)15-3/h8H,4-6,11H2,1-3H3,(H,13,14)/t8-/m0/s1. The first-order chi connectivity index (χ1) is 7.31. The quantitative estimate of drug-likeness (QED) is 0.514. The van der Waals surface area contributed by atoms with Gasteiger partial charge in [-0.05, 0) is 26.0 Å². The van der Waals surface area contributed by atoms with Crippen LogP contribution in [-0.2, 0) is 14.3 Å². The van der Waals surface area contributed by atoms with Crippen molar-refractivity contribution in [3.05, 3.63) is 0 Å². The summed E-state index contributed by atoms with van der Waals surface area (Å²) in [6.07, 6.45) is 1.01. The molecule has 0 aliphatic carbocycles. The van der Waals surface area contributed by atoms with E-state index in [1.54, 1.807) is 13.8 Å². The lowest BCUT2D eigenvalue weighted by atomic mass is 10.1. The summed E-state index contributed by atoms with van der Waals surface area (Å²) in [7, 11) is 1.35. The van der Waals surface area contributed by atoms with E-state index in [-0.39, 0.29) is 5.97 Å². The Kier molecular flexibility index (Phi) is 6.43. The molecule has 3 N–H and O–H groups in total. The number of carboxylic acids is 1. The molecular weight excluding hydrogens is 230 g/mol. The van der Waals surface area contributed by atoms with E-state index in [4.69, 9.17) is 10.8 Å². The number of hydrogen-bond donors (Lipinski definition) is 2. The molecule has 0 fully saturated rings. The number of hydrogen-bond acceptors (Lipinski definition) is 5. The minimum absolute atomic E-state index is 0.249. The van der Waals surface area contributed by atoms with Gasteiger partial charge in [0.05, 0.1) is 7.11 Å². The maximum absolute atomic E-state index is 10.8. The Morgan fingerprint density at radius 3 is 2.50 bits per heavy atom. The number of aliphatic carboxylic acids is 1. The van der Waals surface area contributed by atoms with E-state index in [0.29, 0.717) is 18.6 Å². The SMILES string of the molecule is COC(=O)CCCSC(C)(C)[C@@H](N)C(=O)O. The molecule has 0 aromatic carbocycles. The van der Waals surface area contributed by atoms with Crippen LogP contribution in [0.1, 0.15) is 26.7 Å². The molecule has 0 amide bonds. The second kappa shape index (κ2) is 6.75. The van der Waals surface area contributed by atoms with Gasteiger partial charge in [0.25, 0.3) is 0 Å². The molecule has 0 rings (SSSR count). The van der Waals surface area contributed by atoms with Crippen LogP contribution < -0.4 is 5.73 Å². The van der Waals surface area contributed by atoms with Crippen molar-refractivity contribution in [2.24, 2.45) is 5.73 Å². The van der Waals surface area contributed by atoms with E-state index < -0.39 is 16.8 Å². The average Bonchev–Trinajstić information content (AvgIpc) is 2.22. The Morgan fingerprint density at radius 1 is 1.50 bits per heavy atom. The summed E-state index contributed by atoms with van der Waals surface area (Å²) in [4.78, 5) is 21.5. The first-order valence-corrected chi connectivity index (χ1v) is 5.99. The predicted molar refractivity (Wildman–Crippen MR) is 63.4 cm³/mol. The number of carbonyl (C=O) groups is 2. The highest BCUT2D eigenvalue weighted by atomic mass is 32.2. The molecule has 94 valence electrons. The number of esters is 1. The smallest absolute Gasteiger partial charge is 0.321 e. The van der Waals surface area contributed by atoms with Crippen LogP contribution in [0.4, 0.5) is 0 Å². The molecule has 0 saturated carbocycles. The highest BCUT2D eigenvalue weighted by molar-refractivity contribution is 8.00. The highest BCUT2D eigenvalue weighted by Crippen LogP contribution is 2.28. The van der Waals surface area contributed by atoms with E-state index in [1.165, 1.54) is 18.9 Å². The van der Waals surface area contributed by atoms with Gasteiger partial charge in [-0.3, -0.25) is 9.59 Å². The molecule has 0 unspecified atom stereocenters. The predicted octanol–water partition coefficient (Wildman–Crippen LogP) is 0.863. The summed E-state index contributed by atoms with van der Waals surface area (Å²) in [5, 5.41) is 8.79. The molecule has 0 heterocycles. The Bertz CT molecular complexity index is 255. The van der Waals surface area contributed by atoms with E-state index in [9.17, 15) is 9.59 Å². The average molecular weight is 249 g/mol. The van der Waals surface area contributed by atoms with Crippen LogP contribution in [0.2, 0.25) is 0 Å². The third kappa shape index (κ3) is 5.37. The molecule has 0 aliphatic heterocycles. The Labute approximate surface area is 99.7 Å². The third-order valence-corrected chi connectivity index (χ3v) is 3.73. The number of methoxy groups -OCH3 is 1. The van der Waals surface area contributed by atoms with Crippen molar-refractivity contribution in [2.45, 2.75) is 37.5 Å². The van der Waals surface area contributed by atoms with Crippen LogP contribution in [0.5, 0.6) is 0 Å². The minimum atomic E-state index is -1.01. The minimum Gasteiger partial charge on any atom is -0.480 e. The molecule has 0 saturated heterocycles. The first-order valence-electron chi connectivity index (χ1n) is 5.00. The molecule has 0 aromatic heterocycles. The lowest BCUT2D eigenvalue weighted by Gasteiger charge is -2.27. The van der Waals surface area contributed by atoms with Crippen molar-refractivity contribution in [3.8, 4) is 0 Å². The molecule has 1 atom stereocenters. The topological polar surface area (TPSA) is 89.6 Å². The number of carboxylic acid groups (broad SMARTS) is 1. The molecule has 6 heteroatoms. The Hall–Kier alpha value is -0.750. The molecule has 0 spiro atoms. The van der Waals surface area contributed by atoms with Crippen LogP contribution in [0, 0.1) is 0 Å². The summed E-state index contributed by atoms with van der Waals surface area (Å²) in [5.74, 6) is -0.574. The van der Waals surface area contributed by atoms with Crippen molar-refractivity contribution in [3.63, 3.8) is 0 Å². The number of carbonyl (C=O) groups excluding carboxylic acids is 1. The summed E-state index contributed by atoms with van der Waals surface area (Å²) in [5.41, 5.74) is 5.55. The van der Waals surface area contributed by atoms with Gasteiger partial charge in [-0.2, -0.15) is 11.8 Å². The zero-order valence-corrected chi connectivity index (χ0v) is 10.7. The molecule has 0 aliphatic rings. The summed E-state index contributed by atoms with van der Waals surface area (Å²) < 4.78 is 3.96. The van der Waals surface area contributed by atoms with Gasteiger partial charge in [0.2, 0.25) is 0 Å². The number of rotatable bonds is 7. The monoisotopic (exact) mass is 249 g/mol. The van der Waals surface area contributed by atoms with E-state index in [0.717, 1.165) is 0 Å². The molecule has 16 heavy (non-hydrogen) atoms. The first kappa shape index (κ1) is 15.2. The van der Waals surface area contributed by atoms with Crippen molar-refractivity contribution in [2.75, 3.05) is 12.9 Å². The maximum Gasteiger partial charge on any atom is 0.321 e. The second-order valence-corrected chi connectivity index (χ2v) is 5.70. The van der Waals surface area contributed by atoms with E-state index >= 15 is 0 Å². The van der Waals surface area contributed by atoms with Gasteiger partial charge in [-0.25, -0.2) is 0 Å². The lowest BCUT2D eigenvalue weighted by molar-refractivity contribution is -0.141. The molecule has 0 aromatic rings. The maximum atomic E-state index is 10.8. The van der Waals surface area contributed by atoms with Gasteiger partial charge < -0.3 is 15.6 Å². The van der Waals surface area contributed by atoms with Crippen molar-refractivity contribution in [1.82, 2.24) is 0 Å². The number of ether oxygens (including phenoxy) is 1. The fourth-order valence-corrected chi connectivity index (χ4v) is 2.14. The van der Waals surface area contributed by atoms with Crippen LogP contribution in [0.15, 0.2) is 0 Å². The van der Waals surface area contributed by atoms with Crippen molar-refractivity contribution < 1.29 is 19.4 Å². The largest absolute Gasteiger partial charge is 0.480 e. The summed E-state index contributed by atoms with van der Waals surface area (Å²) in [6, 6.07) is -0.907. The van der Waals surface area contributed by atoms with Crippen LogP contribution in [0.25, 0.3) is 0 Å². The van der Waals surface area contributed by atoms with Gasteiger partial charge >= 0.3 is 11.9 Å². The molecule has 0 radical (unpaired) electrons. The second-order valence-electron chi connectivity index (χ2n) is 3.95. The highest BCUT2D eigenvalue weighted by Gasteiger charge is 2.32. The fraction of sp³-hybridized carbons (Fsp3) is 0.800. The van der Waals surface area contributed by atoms with Gasteiger partial charge in [-0.15, -0.1) is 0 Å². The zero-order valence-electron chi connectivity index (χ0n) is 9.86.